The minimum atomic E-state index is -4.48. The molecule has 0 fully saturated rings. The molecule has 158 valence electrons. The number of hydrogen-bond donors (Lipinski definition) is 0. The molecule has 4 rings (SSSR count). The average Bonchev–Trinajstić information content (AvgIpc) is 3.39. The number of alkyl halides is 3. The van der Waals surface area contributed by atoms with Gasteiger partial charge in [-0.1, -0.05) is 35.5 Å². The van der Waals surface area contributed by atoms with Gasteiger partial charge in [-0.15, -0.1) is 0 Å². The Morgan fingerprint density at radius 1 is 1.13 bits per heavy atom. The van der Waals surface area contributed by atoms with Crippen LogP contribution in [0.2, 0.25) is 0 Å². The van der Waals surface area contributed by atoms with E-state index in [2.05, 4.69) is 15.2 Å². The van der Waals surface area contributed by atoms with E-state index in [0.717, 1.165) is 11.6 Å². The standard InChI is InChI=1S/C21H15F3N4O3/c1-13-17(11-26-28(13)19-8-7-15(10-25-19)21(22,23)24)20(29)30-12-16-9-18(31-27-16)14-5-3-2-4-6-14/h2-11H,12H2,1H3. The Labute approximate surface area is 174 Å². The second kappa shape index (κ2) is 8.05. The maximum Gasteiger partial charge on any atom is 0.417 e. The van der Waals surface area contributed by atoms with Crippen LogP contribution in [0.25, 0.3) is 17.1 Å². The van der Waals surface area contributed by atoms with Crippen molar-refractivity contribution in [2.24, 2.45) is 0 Å². The molecule has 0 spiro atoms. The number of benzene rings is 1. The summed E-state index contributed by atoms with van der Waals surface area (Å²) >= 11 is 0. The van der Waals surface area contributed by atoms with Gasteiger partial charge in [0.05, 0.1) is 17.5 Å². The first-order valence-electron chi connectivity index (χ1n) is 9.09. The second-order valence-corrected chi connectivity index (χ2v) is 6.58. The molecule has 0 atom stereocenters. The molecule has 0 saturated carbocycles. The van der Waals surface area contributed by atoms with Crippen LogP contribution >= 0.6 is 0 Å². The highest BCUT2D eigenvalue weighted by molar-refractivity contribution is 5.90. The summed E-state index contributed by atoms with van der Waals surface area (Å²) in [4.78, 5) is 16.2. The van der Waals surface area contributed by atoms with Crippen molar-refractivity contribution in [1.29, 1.82) is 0 Å². The van der Waals surface area contributed by atoms with E-state index in [4.69, 9.17) is 9.26 Å². The normalized spacial score (nSPS) is 11.5. The maximum atomic E-state index is 12.7. The molecule has 0 saturated heterocycles. The highest BCUT2D eigenvalue weighted by Gasteiger charge is 2.31. The van der Waals surface area contributed by atoms with Gasteiger partial charge in [0, 0.05) is 17.8 Å². The molecule has 0 aliphatic carbocycles. The molecular formula is C21H15F3N4O3. The third kappa shape index (κ3) is 4.32. The predicted molar refractivity (Wildman–Crippen MR) is 102 cm³/mol. The third-order valence-electron chi connectivity index (χ3n) is 4.49. The number of halogens is 3. The van der Waals surface area contributed by atoms with E-state index < -0.39 is 17.7 Å². The highest BCUT2D eigenvalue weighted by atomic mass is 19.4. The molecule has 4 aromatic rings. The molecule has 0 N–H and O–H groups in total. The van der Waals surface area contributed by atoms with Crippen molar-refractivity contribution in [3.05, 3.63) is 83.4 Å². The molecule has 7 nitrogen and oxygen atoms in total. The monoisotopic (exact) mass is 428 g/mol. The maximum absolute atomic E-state index is 12.7. The Balaban J connectivity index is 1.44. The lowest BCUT2D eigenvalue weighted by Crippen LogP contribution is -2.09. The Morgan fingerprint density at radius 3 is 2.58 bits per heavy atom. The lowest BCUT2D eigenvalue weighted by atomic mass is 10.2. The number of nitrogens with zero attached hydrogens (tertiary/aromatic N) is 4. The highest BCUT2D eigenvalue weighted by Crippen LogP contribution is 2.29. The zero-order valence-corrected chi connectivity index (χ0v) is 16.1. The molecule has 0 unspecified atom stereocenters. The fourth-order valence-corrected chi connectivity index (χ4v) is 2.86. The van der Waals surface area contributed by atoms with Gasteiger partial charge in [0.2, 0.25) is 0 Å². The Kier molecular flexibility index (Phi) is 5.28. The molecule has 0 radical (unpaired) electrons. The first kappa shape index (κ1) is 20.3. The smallest absolute Gasteiger partial charge is 0.417 e. The number of hydrogen-bond acceptors (Lipinski definition) is 6. The van der Waals surface area contributed by atoms with Crippen LogP contribution in [0.4, 0.5) is 13.2 Å². The van der Waals surface area contributed by atoms with Crippen molar-refractivity contribution in [2.75, 3.05) is 0 Å². The lowest BCUT2D eigenvalue weighted by Gasteiger charge is -2.08. The van der Waals surface area contributed by atoms with Gasteiger partial charge in [0.1, 0.15) is 17.9 Å². The van der Waals surface area contributed by atoms with Crippen LogP contribution in [0, 0.1) is 6.92 Å². The molecule has 3 heterocycles. The van der Waals surface area contributed by atoms with Crippen LogP contribution in [-0.4, -0.2) is 25.9 Å². The Hall–Kier alpha value is -3.95. The van der Waals surface area contributed by atoms with Crippen molar-refractivity contribution in [1.82, 2.24) is 19.9 Å². The fraction of sp³-hybridized carbons (Fsp3) is 0.143. The van der Waals surface area contributed by atoms with E-state index in [1.807, 2.05) is 30.3 Å². The number of pyridine rings is 1. The summed E-state index contributed by atoms with van der Waals surface area (Å²) in [6.45, 7) is 1.48. The van der Waals surface area contributed by atoms with Crippen molar-refractivity contribution in [2.45, 2.75) is 19.7 Å². The van der Waals surface area contributed by atoms with Crippen molar-refractivity contribution in [3.8, 4) is 17.1 Å². The summed E-state index contributed by atoms with van der Waals surface area (Å²) < 4.78 is 49.9. The molecule has 0 bridgehead atoms. The first-order valence-corrected chi connectivity index (χ1v) is 9.09. The van der Waals surface area contributed by atoms with Gasteiger partial charge >= 0.3 is 12.1 Å². The van der Waals surface area contributed by atoms with Gasteiger partial charge in [-0.05, 0) is 19.1 Å². The van der Waals surface area contributed by atoms with Gasteiger partial charge in [0.25, 0.3) is 0 Å². The van der Waals surface area contributed by atoms with Gasteiger partial charge in [-0.3, -0.25) is 0 Å². The second-order valence-electron chi connectivity index (χ2n) is 6.58. The number of carbonyl (C=O) groups excluding carboxylic acids is 1. The van der Waals surface area contributed by atoms with Gasteiger partial charge in [-0.25, -0.2) is 14.5 Å². The number of esters is 1. The molecule has 31 heavy (non-hydrogen) atoms. The van der Waals surface area contributed by atoms with Gasteiger partial charge in [-0.2, -0.15) is 18.3 Å². The molecule has 0 aliphatic heterocycles. The van der Waals surface area contributed by atoms with Gasteiger partial charge < -0.3 is 9.26 Å². The van der Waals surface area contributed by atoms with E-state index in [9.17, 15) is 18.0 Å². The van der Waals surface area contributed by atoms with Crippen LogP contribution in [0.3, 0.4) is 0 Å². The van der Waals surface area contributed by atoms with E-state index in [1.54, 1.807) is 13.0 Å². The van der Waals surface area contributed by atoms with E-state index in [0.29, 0.717) is 23.3 Å². The van der Waals surface area contributed by atoms with Crippen molar-refractivity contribution in [3.63, 3.8) is 0 Å². The average molecular weight is 428 g/mol. The first-order chi connectivity index (χ1) is 14.8. The number of ether oxygens (including phenoxy) is 1. The summed E-state index contributed by atoms with van der Waals surface area (Å²) in [6, 6.07) is 13.1. The SMILES string of the molecule is Cc1c(C(=O)OCc2cc(-c3ccccc3)on2)cnn1-c1ccc(C(F)(F)F)cn1. The van der Waals surface area contributed by atoms with Crippen LogP contribution < -0.4 is 0 Å². The number of rotatable bonds is 5. The topological polar surface area (TPSA) is 83.0 Å². The van der Waals surface area contributed by atoms with Crippen LogP contribution in [0.1, 0.15) is 27.3 Å². The lowest BCUT2D eigenvalue weighted by molar-refractivity contribution is -0.137. The molecule has 0 amide bonds. The molecule has 10 heteroatoms. The summed E-state index contributed by atoms with van der Waals surface area (Å²) in [5.41, 5.74) is 0.939. The van der Waals surface area contributed by atoms with Crippen molar-refractivity contribution >= 4 is 5.97 Å². The fourth-order valence-electron chi connectivity index (χ4n) is 2.86. The molecule has 0 aliphatic rings. The minimum Gasteiger partial charge on any atom is -0.455 e. The van der Waals surface area contributed by atoms with Crippen LogP contribution in [0.5, 0.6) is 0 Å². The van der Waals surface area contributed by atoms with E-state index in [-0.39, 0.29) is 18.0 Å². The largest absolute Gasteiger partial charge is 0.455 e. The molecule has 3 aromatic heterocycles. The quantitative estimate of drug-likeness (QED) is 0.432. The molecule has 1 aromatic carbocycles. The summed E-state index contributed by atoms with van der Waals surface area (Å²) in [7, 11) is 0. The number of carbonyl (C=O) groups is 1. The van der Waals surface area contributed by atoms with E-state index >= 15 is 0 Å². The predicted octanol–water partition coefficient (Wildman–Crippen LogP) is 4.61. The number of aromatic nitrogens is 4. The van der Waals surface area contributed by atoms with Crippen LogP contribution in [-0.2, 0) is 17.5 Å². The third-order valence-corrected chi connectivity index (χ3v) is 4.49. The minimum absolute atomic E-state index is 0.113. The van der Waals surface area contributed by atoms with Crippen molar-refractivity contribution < 1.29 is 27.2 Å². The summed E-state index contributed by atoms with van der Waals surface area (Å²) in [5, 5.41) is 7.92. The summed E-state index contributed by atoms with van der Waals surface area (Å²) in [5.74, 6) is 0.0394. The Morgan fingerprint density at radius 2 is 1.90 bits per heavy atom. The van der Waals surface area contributed by atoms with Crippen LogP contribution in [0.15, 0.2) is 65.4 Å². The zero-order chi connectivity index (χ0) is 22.0. The Bertz CT molecular complexity index is 1200. The molecular weight excluding hydrogens is 413 g/mol. The summed E-state index contributed by atoms with van der Waals surface area (Å²) in [6.07, 6.45) is -2.50. The zero-order valence-electron chi connectivity index (χ0n) is 16.1. The van der Waals surface area contributed by atoms with E-state index in [1.165, 1.54) is 16.9 Å². The van der Waals surface area contributed by atoms with Gasteiger partial charge in [0.15, 0.2) is 11.6 Å².